The molecule has 8 heteroatoms. The third-order valence-electron chi connectivity index (χ3n) is 5.04. The molecule has 0 aliphatic carbocycles. The van der Waals surface area contributed by atoms with Crippen molar-refractivity contribution in [3.63, 3.8) is 0 Å². The van der Waals surface area contributed by atoms with Gasteiger partial charge in [-0.1, -0.05) is 24.3 Å². The molecule has 30 heavy (non-hydrogen) atoms. The van der Waals surface area contributed by atoms with E-state index in [9.17, 15) is 9.18 Å². The van der Waals surface area contributed by atoms with Crippen LogP contribution < -0.4 is 5.32 Å². The third kappa shape index (κ3) is 3.98. The summed E-state index contributed by atoms with van der Waals surface area (Å²) in [4.78, 5) is 15.3. The molecule has 4 rings (SSSR count). The van der Waals surface area contributed by atoms with E-state index in [1.54, 1.807) is 12.1 Å². The zero-order valence-electron chi connectivity index (χ0n) is 16.7. The zero-order chi connectivity index (χ0) is 21.1. The summed E-state index contributed by atoms with van der Waals surface area (Å²) in [5.41, 5.74) is 5.17. The first kappa shape index (κ1) is 19.5. The van der Waals surface area contributed by atoms with Crippen molar-refractivity contribution in [3.05, 3.63) is 70.7 Å². The number of rotatable bonds is 6. The molecular weight excluding hydrogens is 383 g/mol. The Balaban J connectivity index is 1.39. The number of aryl methyl sites for hydroxylation is 2. The van der Waals surface area contributed by atoms with Crippen molar-refractivity contribution >= 4 is 22.9 Å². The largest absolute Gasteiger partial charge is 0.356 e. The Labute approximate surface area is 172 Å². The lowest BCUT2D eigenvalue weighted by Crippen LogP contribution is -2.23. The molecule has 2 aromatic carbocycles. The number of hydrogen-bond acceptors (Lipinski definition) is 4. The summed E-state index contributed by atoms with van der Waals surface area (Å²) in [6, 6.07) is 10.8. The lowest BCUT2D eigenvalue weighted by molar-refractivity contribution is -0.116. The highest BCUT2D eigenvalue weighted by Gasteiger charge is 2.13. The highest BCUT2D eigenvalue weighted by molar-refractivity contribution is 5.92. The Morgan fingerprint density at radius 3 is 2.90 bits per heavy atom. The summed E-state index contributed by atoms with van der Waals surface area (Å²) in [5.74, 6) is 0.109. The first-order chi connectivity index (χ1) is 14.5. The van der Waals surface area contributed by atoms with Crippen molar-refractivity contribution in [2.45, 2.75) is 20.3 Å². The van der Waals surface area contributed by atoms with E-state index in [4.69, 9.17) is 0 Å². The van der Waals surface area contributed by atoms with Gasteiger partial charge in [-0.2, -0.15) is 0 Å². The molecule has 3 N–H and O–H groups in total. The van der Waals surface area contributed by atoms with Gasteiger partial charge in [0.25, 0.3) is 0 Å². The first-order valence-corrected chi connectivity index (χ1v) is 9.59. The number of H-pyrrole nitrogens is 2. The Kier molecular flexibility index (Phi) is 5.38. The van der Waals surface area contributed by atoms with Gasteiger partial charge in [0, 0.05) is 29.3 Å². The van der Waals surface area contributed by atoms with Crippen molar-refractivity contribution in [3.8, 4) is 11.4 Å². The second-order valence-corrected chi connectivity index (χ2v) is 7.09. The summed E-state index contributed by atoms with van der Waals surface area (Å²) >= 11 is 0. The predicted molar refractivity (Wildman–Crippen MR) is 113 cm³/mol. The van der Waals surface area contributed by atoms with Crippen molar-refractivity contribution in [2.75, 3.05) is 6.54 Å². The molecule has 2 heterocycles. The van der Waals surface area contributed by atoms with Crippen molar-refractivity contribution < 1.29 is 9.18 Å². The van der Waals surface area contributed by atoms with Gasteiger partial charge in [-0.15, -0.1) is 5.10 Å². The number of tetrazole rings is 1. The highest BCUT2D eigenvalue weighted by Crippen LogP contribution is 2.27. The standard InChI is InChI=1S/C22H21FN6O/c1-13-6-8-18(23)21-20(13)17(14(2)25-21)10-11-24-19(30)9-7-15-4-3-5-16(12-15)22-26-28-29-27-22/h3-9,12,25H,10-11H2,1-2H3,(H,24,30)(H,26,27,28,29)/b9-7+. The summed E-state index contributed by atoms with van der Waals surface area (Å²) < 4.78 is 14.1. The van der Waals surface area contributed by atoms with Crippen LogP contribution in [-0.4, -0.2) is 38.1 Å². The fraction of sp³-hybridized carbons (Fsp3) is 0.182. The van der Waals surface area contributed by atoms with Crippen LogP contribution in [0.15, 0.2) is 42.5 Å². The Hall–Kier alpha value is -3.81. The van der Waals surface area contributed by atoms with Gasteiger partial charge >= 0.3 is 0 Å². The number of carbonyl (C=O) groups is 1. The number of halogens is 1. The second kappa shape index (κ2) is 8.28. The fourth-order valence-corrected chi connectivity index (χ4v) is 3.57. The van der Waals surface area contributed by atoms with E-state index in [0.717, 1.165) is 33.3 Å². The van der Waals surface area contributed by atoms with Crippen molar-refractivity contribution in [1.29, 1.82) is 0 Å². The molecule has 0 bridgehead atoms. The fourth-order valence-electron chi connectivity index (χ4n) is 3.57. The highest BCUT2D eigenvalue weighted by atomic mass is 19.1. The molecular formula is C22H21FN6O. The van der Waals surface area contributed by atoms with E-state index in [1.165, 1.54) is 12.1 Å². The first-order valence-electron chi connectivity index (χ1n) is 9.59. The molecule has 0 saturated heterocycles. The molecule has 0 fully saturated rings. The van der Waals surface area contributed by atoms with Gasteiger partial charge in [0.2, 0.25) is 5.91 Å². The Morgan fingerprint density at radius 1 is 1.23 bits per heavy atom. The number of nitrogens with zero attached hydrogens (tertiary/aromatic N) is 3. The van der Waals surface area contributed by atoms with E-state index < -0.39 is 0 Å². The van der Waals surface area contributed by atoms with E-state index in [1.807, 2.05) is 38.1 Å². The van der Waals surface area contributed by atoms with Gasteiger partial charge in [0.1, 0.15) is 5.82 Å². The average molecular weight is 404 g/mol. The summed E-state index contributed by atoms with van der Waals surface area (Å²) in [6.07, 6.45) is 3.84. The maximum absolute atomic E-state index is 14.1. The van der Waals surface area contributed by atoms with Gasteiger partial charge in [-0.25, -0.2) is 9.49 Å². The van der Waals surface area contributed by atoms with E-state index >= 15 is 0 Å². The molecule has 4 aromatic rings. The van der Waals surface area contributed by atoms with Crippen LogP contribution >= 0.6 is 0 Å². The number of fused-ring (bicyclic) bond motifs is 1. The van der Waals surface area contributed by atoms with Gasteiger partial charge in [-0.3, -0.25) is 4.79 Å². The number of aromatic nitrogens is 5. The normalized spacial score (nSPS) is 11.4. The van der Waals surface area contributed by atoms with Crippen LogP contribution in [0.5, 0.6) is 0 Å². The Bertz CT molecular complexity index is 1230. The molecule has 152 valence electrons. The van der Waals surface area contributed by atoms with Gasteiger partial charge in [-0.05, 0) is 65.6 Å². The van der Waals surface area contributed by atoms with Crippen LogP contribution in [0.4, 0.5) is 4.39 Å². The van der Waals surface area contributed by atoms with Crippen LogP contribution in [0.2, 0.25) is 0 Å². The molecule has 0 unspecified atom stereocenters. The number of benzene rings is 2. The van der Waals surface area contributed by atoms with Crippen LogP contribution in [-0.2, 0) is 11.2 Å². The van der Waals surface area contributed by atoms with Gasteiger partial charge in [0.15, 0.2) is 5.82 Å². The number of amides is 1. The number of hydrogen-bond donors (Lipinski definition) is 3. The van der Waals surface area contributed by atoms with Gasteiger partial charge < -0.3 is 10.3 Å². The summed E-state index contributed by atoms with van der Waals surface area (Å²) in [6.45, 7) is 4.34. The van der Waals surface area contributed by atoms with E-state index in [0.29, 0.717) is 24.3 Å². The number of carbonyl (C=O) groups excluding carboxylic acids is 1. The maximum Gasteiger partial charge on any atom is 0.244 e. The topological polar surface area (TPSA) is 99.3 Å². The molecule has 0 spiro atoms. The molecule has 0 radical (unpaired) electrons. The molecule has 1 amide bonds. The quantitative estimate of drug-likeness (QED) is 0.429. The van der Waals surface area contributed by atoms with Crippen molar-refractivity contribution in [2.24, 2.45) is 0 Å². The molecule has 2 aromatic heterocycles. The monoisotopic (exact) mass is 404 g/mol. The average Bonchev–Trinajstić information content (AvgIpc) is 3.39. The van der Waals surface area contributed by atoms with Crippen LogP contribution in [0, 0.1) is 19.7 Å². The van der Waals surface area contributed by atoms with Crippen molar-refractivity contribution in [1.82, 2.24) is 30.9 Å². The van der Waals surface area contributed by atoms with E-state index in [-0.39, 0.29) is 11.7 Å². The molecule has 0 saturated carbocycles. The number of nitrogens with one attached hydrogen (secondary N) is 3. The van der Waals surface area contributed by atoms with Gasteiger partial charge in [0.05, 0.1) is 5.52 Å². The Morgan fingerprint density at radius 2 is 2.10 bits per heavy atom. The minimum atomic E-state index is -0.264. The molecule has 0 aliphatic heterocycles. The predicted octanol–water partition coefficient (Wildman–Crippen LogP) is 3.48. The van der Waals surface area contributed by atoms with Crippen LogP contribution in [0.1, 0.15) is 22.4 Å². The third-order valence-corrected chi connectivity index (χ3v) is 5.04. The summed E-state index contributed by atoms with van der Waals surface area (Å²) in [5, 5.41) is 17.5. The molecule has 0 aliphatic rings. The smallest absolute Gasteiger partial charge is 0.244 e. The lowest BCUT2D eigenvalue weighted by atomic mass is 10.0. The van der Waals surface area contributed by atoms with E-state index in [2.05, 4.69) is 30.9 Å². The second-order valence-electron chi connectivity index (χ2n) is 7.09. The molecule has 7 nitrogen and oxygen atoms in total. The number of aromatic amines is 2. The SMILES string of the molecule is Cc1[nH]c2c(F)ccc(C)c2c1CCNC(=O)/C=C/c1cccc(-c2nnn[nH]2)c1. The minimum absolute atomic E-state index is 0.192. The minimum Gasteiger partial charge on any atom is -0.356 e. The maximum atomic E-state index is 14.1. The lowest BCUT2D eigenvalue weighted by Gasteiger charge is -2.05. The summed E-state index contributed by atoms with van der Waals surface area (Å²) in [7, 11) is 0. The molecule has 0 atom stereocenters. The van der Waals surface area contributed by atoms with Crippen LogP contribution in [0.25, 0.3) is 28.4 Å². The zero-order valence-corrected chi connectivity index (χ0v) is 16.7. The van der Waals surface area contributed by atoms with Crippen LogP contribution in [0.3, 0.4) is 0 Å².